The number of ether oxygens (including phenoxy) is 1. The molecular weight excluding hydrogens is 558 g/mol. The van der Waals surface area contributed by atoms with E-state index in [0.29, 0.717) is 17.7 Å². The van der Waals surface area contributed by atoms with Crippen molar-refractivity contribution in [2.75, 3.05) is 75.7 Å². The molecule has 1 aliphatic rings. The van der Waals surface area contributed by atoms with Crippen LogP contribution in [0.1, 0.15) is 28.7 Å². The Labute approximate surface area is 235 Å². The summed E-state index contributed by atoms with van der Waals surface area (Å²) in [5, 5.41) is 14.7. The number of nitrogens with zero attached hydrogens (tertiary/aromatic N) is 5. The number of nitrogens with one attached hydrogen (secondary N) is 2. The molecule has 2 aromatic rings. The van der Waals surface area contributed by atoms with Crippen LogP contribution in [0.5, 0.6) is 0 Å². The molecule has 0 aliphatic carbocycles. The highest BCUT2D eigenvalue weighted by molar-refractivity contribution is 8.09. The number of benzene rings is 1. The van der Waals surface area contributed by atoms with Crippen LogP contribution in [0.2, 0.25) is 0 Å². The minimum absolute atomic E-state index is 0.0466. The highest BCUT2D eigenvalue weighted by atomic mass is 32.3. The van der Waals surface area contributed by atoms with Crippen LogP contribution < -0.4 is 15.5 Å². The van der Waals surface area contributed by atoms with E-state index in [4.69, 9.17) is 4.74 Å². The largest absolute Gasteiger partial charge is 0.383 e. The number of nitriles is 1. The summed E-state index contributed by atoms with van der Waals surface area (Å²) in [5.41, 5.74) is 1.81. The Hall–Kier alpha value is -3.32. The number of carbonyl (C=O) groups is 1. The van der Waals surface area contributed by atoms with Gasteiger partial charge in [-0.15, -0.1) is 0 Å². The van der Waals surface area contributed by atoms with Crippen molar-refractivity contribution in [2.24, 2.45) is 0 Å². The van der Waals surface area contributed by atoms with E-state index in [9.17, 15) is 26.9 Å². The quantitative estimate of drug-likeness (QED) is 0.344. The summed E-state index contributed by atoms with van der Waals surface area (Å²) in [4.78, 5) is 25.4. The summed E-state index contributed by atoms with van der Waals surface area (Å²) in [7, 11) is -6.39. The normalized spacial score (nSPS) is 14.9. The summed E-state index contributed by atoms with van der Waals surface area (Å²) < 4.78 is 52.2. The first kappa shape index (κ1) is 31.2. The molecule has 1 aliphatic heterocycles. The standard InChI is InChI=1S/C25H35N7O6S2/c1-25(39(3,34)35,40(4,36)37)18-29-23-20(16-27-22(15-26)30-23)17-28-24(33)19-5-7-21(8-6-19)32-11-9-31(10-12-32)13-14-38-2/h5-8,16H,9-14,17-18H2,1-4H3,(H,28,33)(H,27,29,30). The third-order valence-corrected chi connectivity index (χ3v) is 12.3. The Morgan fingerprint density at radius 1 is 1.10 bits per heavy atom. The lowest BCUT2D eigenvalue weighted by molar-refractivity contribution is 0.0951. The van der Waals surface area contributed by atoms with Crippen molar-refractivity contribution in [3.8, 4) is 6.07 Å². The van der Waals surface area contributed by atoms with Crippen molar-refractivity contribution >= 4 is 37.1 Å². The van der Waals surface area contributed by atoms with E-state index in [1.54, 1.807) is 25.3 Å². The zero-order valence-corrected chi connectivity index (χ0v) is 24.7. The SMILES string of the molecule is COCCN1CCN(c2ccc(C(=O)NCc3cnc(C#N)nc3NCC(C)(S(C)(=O)=O)S(C)(=O)=O)cc2)CC1. The molecule has 1 fully saturated rings. The summed E-state index contributed by atoms with van der Waals surface area (Å²) in [6.45, 7) is 5.76. The first-order valence-corrected chi connectivity index (χ1v) is 16.3. The van der Waals surface area contributed by atoms with Crippen LogP contribution in [0.25, 0.3) is 0 Å². The lowest BCUT2D eigenvalue weighted by Crippen LogP contribution is -2.48. The van der Waals surface area contributed by atoms with E-state index >= 15 is 0 Å². The van der Waals surface area contributed by atoms with E-state index in [1.807, 2.05) is 12.1 Å². The molecule has 0 saturated carbocycles. The van der Waals surface area contributed by atoms with E-state index < -0.39 is 30.3 Å². The number of hydrogen-bond donors (Lipinski definition) is 2. The van der Waals surface area contributed by atoms with E-state index in [1.165, 1.54) is 6.20 Å². The van der Waals surface area contributed by atoms with Gasteiger partial charge in [0.2, 0.25) is 5.82 Å². The number of aromatic nitrogens is 2. The molecule has 2 N–H and O–H groups in total. The lowest BCUT2D eigenvalue weighted by atomic mass is 10.1. The van der Waals surface area contributed by atoms with Crippen molar-refractivity contribution < 1.29 is 26.4 Å². The molecule has 0 atom stereocenters. The van der Waals surface area contributed by atoms with Crippen molar-refractivity contribution in [3.63, 3.8) is 0 Å². The highest BCUT2D eigenvalue weighted by Crippen LogP contribution is 2.25. The molecular formula is C25H35N7O6S2. The zero-order valence-electron chi connectivity index (χ0n) is 23.0. The van der Waals surface area contributed by atoms with Gasteiger partial charge in [-0.3, -0.25) is 9.69 Å². The Bertz CT molecular complexity index is 1420. The number of methoxy groups -OCH3 is 1. The van der Waals surface area contributed by atoms with Gasteiger partial charge in [-0.05, 0) is 31.2 Å². The highest BCUT2D eigenvalue weighted by Gasteiger charge is 2.46. The van der Waals surface area contributed by atoms with Gasteiger partial charge in [0.15, 0.2) is 23.8 Å². The van der Waals surface area contributed by atoms with Crippen molar-refractivity contribution in [1.29, 1.82) is 5.26 Å². The molecule has 1 amide bonds. The Balaban J connectivity index is 1.67. The Morgan fingerprint density at radius 2 is 1.73 bits per heavy atom. The smallest absolute Gasteiger partial charge is 0.251 e. The molecule has 1 aromatic carbocycles. The van der Waals surface area contributed by atoms with Gasteiger partial charge in [-0.25, -0.2) is 26.8 Å². The first-order valence-electron chi connectivity index (χ1n) is 12.5. The average molecular weight is 594 g/mol. The summed E-state index contributed by atoms with van der Waals surface area (Å²) in [5.74, 6) is -0.512. The molecule has 15 heteroatoms. The fourth-order valence-corrected chi connectivity index (χ4v) is 6.94. The maximum Gasteiger partial charge on any atom is 0.251 e. The molecule has 218 valence electrons. The molecule has 2 heterocycles. The molecule has 0 spiro atoms. The molecule has 3 rings (SSSR count). The molecule has 1 aromatic heterocycles. The monoisotopic (exact) mass is 593 g/mol. The van der Waals surface area contributed by atoms with E-state index in [-0.39, 0.29) is 24.1 Å². The second kappa shape index (κ2) is 12.9. The number of amides is 1. The number of rotatable bonds is 12. The fourth-order valence-electron chi connectivity index (χ4n) is 4.08. The van der Waals surface area contributed by atoms with Gasteiger partial charge in [0.25, 0.3) is 5.91 Å². The van der Waals surface area contributed by atoms with Crippen LogP contribution in [0.15, 0.2) is 30.5 Å². The van der Waals surface area contributed by atoms with Gasteiger partial charge in [0.1, 0.15) is 11.9 Å². The zero-order chi connectivity index (χ0) is 29.6. The topological polar surface area (TPSA) is 175 Å². The maximum absolute atomic E-state index is 12.8. The number of anilines is 2. The Kier molecular flexibility index (Phi) is 10.1. The van der Waals surface area contributed by atoms with E-state index in [0.717, 1.165) is 57.8 Å². The number of sulfone groups is 2. The molecule has 40 heavy (non-hydrogen) atoms. The van der Waals surface area contributed by atoms with Crippen molar-refractivity contribution in [3.05, 3.63) is 47.4 Å². The van der Waals surface area contributed by atoms with Gasteiger partial charge in [-0.2, -0.15) is 5.26 Å². The number of carbonyl (C=O) groups excluding carboxylic acids is 1. The minimum atomic E-state index is -4.04. The predicted molar refractivity (Wildman–Crippen MR) is 151 cm³/mol. The van der Waals surface area contributed by atoms with Gasteiger partial charge >= 0.3 is 0 Å². The van der Waals surface area contributed by atoms with Gasteiger partial charge in [0, 0.05) is 88.4 Å². The number of hydrogen-bond acceptors (Lipinski definition) is 12. The second-order valence-electron chi connectivity index (χ2n) is 9.76. The first-order chi connectivity index (χ1) is 18.8. The molecule has 13 nitrogen and oxygen atoms in total. The van der Waals surface area contributed by atoms with Crippen LogP contribution in [-0.2, 0) is 31.0 Å². The van der Waals surface area contributed by atoms with E-state index in [2.05, 4.69) is 30.4 Å². The fraction of sp³-hybridized carbons (Fsp3) is 0.520. The van der Waals surface area contributed by atoms with Crippen LogP contribution >= 0.6 is 0 Å². The Morgan fingerprint density at radius 3 is 2.27 bits per heavy atom. The van der Waals surface area contributed by atoms with Crippen LogP contribution in [-0.4, -0.2) is 107 Å². The van der Waals surface area contributed by atoms with Gasteiger partial charge in [0.05, 0.1) is 6.61 Å². The summed E-state index contributed by atoms with van der Waals surface area (Å²) in [6.07, 6.45) is 3.00. The lowest BCUT2D eigenvalue weighted by Gasteiger charge is -2.36. The molecule has 0 unspecified atom stereocenters. The predicted octanol–water partition coefficient (Wildman–Crippen LogP) is 0.264. The molecule has 0 radical (unpaired) electrons. The summed E-state index contributed by atoms with van der Waals surface area (Å²) in [6, 6.07) is 9.06. The number of piperazine rings is 1. The minimum Gasteiger partial charge on any atom is -0.383 e. The maximum atomic E-state index is 12.8. The van der Waals surface area contributed by atoms with Crippen LogP contribution in [0, 0.1) is 11.3 Å². The van der Waals surface area contributed by atoms with Crippen molar-refractivity contribution in [1.82, 2.24) is 20.2 Å². The average Bonchev–Trinajstić information content (AvgIpc) is 2.92. The molecule has 0 bridgehead atoms. The molecule has 1 saturated heterocycles. The van der Waals surface area contributed by atoms with Crippen molar-refractivity contribution in [2.45, 2.75) is 17.5 Å². The van der Waals surface area contributed by atoms with Crippen LogP contribution in [0.4, 0.5) is 11.5 Å². The second-order valence-corrected chi connectivity index (χ2v) is 14.9. The van der Waals surface area contributed by atoms with Gasteiger partial charge in [-0.1, -0.05) is 0 Å². The van der Waals surface area contributed by atoms with Gasteiger partial charge < -0.3 is 20.3 Å². The third kappa shape index (κ3) is 7.45. The van der Waals surface area contributed by atoms with Crippen LogP contribution in [0.3, 0.4) is 0 Å². The summed E-state index contributed by atoms with van der Waals surface area (Å²) >= 11 is 0. The third-order valence-electron chi connectivity index (χ3n) is 7.03.